The monoisotopic (exact) mass is 369 g/mol. The topological polar surface area (TPSA) is 64.1 Å². The smallest absolute Gasteiger partial charge is 0.262 e. The number of hydrogen-bond donors (Lipinski definition) is 1. The molecule has 3 rings (SSSR count). The average Bonchev–Trinajstić information content (AvgIpc) is 2.63. The Balaban J connectivity index is 1.69. The first-order chi connectivity index (χ1) is 12.9. The van der Waals surface area contributed by atoms with Crippen LogP contribution in [0.25, 0.3) is 11.4 Å². The average molecular weight is 369 g/mol. The predicted octanol–water partition coefficient (Wildman–Crippen LogP) is 4.06. The lowest BCUT2D eigenvalue weighted by Crippen LogP contribution is -2.21. The number of aromatic nitrogens is 2. The van der Waals surface area contributed by atoms with Gasteiger partial charge in [0.15, 0.2) is 12.4 Å². The molecule has 7 heteroatoms. The minimum Gasteiger partial charge on any atom is -0.467 e. The normalized spacial score (nSPS) is 10.5. The van der Waals surface area contributed by atoms with Crippen LogP contribution in [0.1, 0.15) is 11.3 Å². The Bertz CT molecular complexity index is 975. The molecule has 0 saturated heterocycles. The van der Waals surface area contributed by atoms with Gasteiger partial charge in [-0.05, 0) is 55.8 Å². The van der Waals surface area contributed by atoms with E-state index >= 15 is 0 Å². The number of ether oxygens (including phenoxy) is 1. The quantitative estimate of drug-likeness (QED) is 0.737. The molecular formula is C20H17F2N3O2. The van der Waals surface area contributed by atoms with Crippen molar-refractivity contribution < 1.29 is 18.3 Å². The number of rotatable bonds is 5. The third kappa shape index (κ3) is 4.84. The summed E-state index contributed by atoms with van der Waals surface area (Å²) in [6.45, 7) is 3.23. The molecular weight excluding hydrogens is 352 g/mol. The number of hydrogen-bond acceptors (Lipinski definition) is 4. The van der Waals surface area contributed by atoms with E-state index in [0.29, 0.717) is 22.8 Å². The number of benzene rings is 2. The molecule has 138 valence electrons. The maximum absolute atomic E-state index is 13.3. The van der Waals surface area contributed by atoms with Crippen LogP contribution < -0.4 is 10.1 Å². The molecule has 0 radical (unpaired) electrons. The lowest BCUT2D eigenvalue weighted by atomic mass is 10.2. The van der Waals surface area contributed by atoms with Crippen LogP contribution in [-0.4, -0.2) is 22.5 Å². The van der Waals surface area contributed by atoms with Gasteiger partial charge in [-0.3, -0.25) is 4.79 Å². The molecule has 0 atom stereocenters. The van der Waals surface area contributed by atoms with Gasteiger partial charge in [-0.1, -0.05) is 6.07 Å². The zero-order valence-electron chi connectivity index (χ0n) is 14.8. The van der Waals surface area contributed by atoms with Crippen molar-refractivity contribution in [1.82, 2.24) is 9.97 Å². The molecule has 1 amide bonds. The van der Waals surface area contributed by atoms with Gasteiger partial charge in [-0.15, -0.1) is 0 Å². The number of anilines is 1. The van der Waals surface area contributed by atoms with Crippen LogP contribution in [0, 0.1) is 25.5 Å². The number of nitrogens with one attached hydrogen (secondary N) is 1. The summed E-state index contributed by atoms with van der Waals surface area (Å²) in [5, 5.41) is 2.60. The van der Waals surface area contributed by atoms with Gasteiger partial charge in [0, 0.05) is 23.0 Å². The SMILES string of the molecule is Cc1cc(OCC(=O)Nc2cc(F)ccc2C)nc(-c2ccc(F)cc2)n1. The van der Waals surface area contributed by atoms with E-state index in [1.807, 2.05) is 0 Å². The zero-order valence-corrected chi connectivity index (χ0v) is 14.8. The Morgan fingerprint density at radius 2 is 1.70 bits per heavy atom. The lowest BCUT2D eigenvalue weighted by Gasteiger charge is -2.10. The summed E-state index contributed by atoms with van der Waals surface area (Å²) >= 11 is 0. The number of amides is 1. The highest BCUT2D eigenvalue weighted by Gasteiger charge is 2.10. The Morgan fingerprint density at radius 3 is 2.44 bits per heavy atom. The van der Waals surface area contributed by atoms with E-state index < -0.39 is 11.7 Å². The van der Waals surface area contributed by atoms with Gasteiger partial charge in [-0.25, -0.2) is 13.8 Å². The Kier molecular flexibility index (Phi) is 5.40. The van der Waals surface area contributed by atoms with Crippen LogP contribution in [0.15, 0.2) is 48.5 Å². The first-order valence-electron chi connectivity index (χ1n) is 8.21. The van der Waals surface area contributed by atoms with Crippen LogP contribution in [0.3, 0.4) is 0 Å². The third-order valence-corrected chi connectivity index (χ3v) is 3.76. The zero-order chi connectivity index (χ0) is 19.4. The van der Waals surface area contributed by atoms with Crippen molar-refractivity contribution in [2.24, 2.45) is 0 Å². The van der Waals surface area contributed by atoms with E-state index in [1.165, 1.54) is 24.3 Å². The highest BCUT2D eigenvalue weighted by molar-refractivity contribution is 5.92. The molecule has 3 aromatic rings. The minimum atomic E-state index is -0.441. The molecule has 1 heterocycles. The van der Waals surface area contributed by atoms with E-state index in [1.54, 1.807) is 38.1 Å². The van der Waals surface area contributed by atoms with E-state index in [0.717, 1.165) is 5.56 Å². The molecule has 2 aromatic carbocycles. The minimum absolute atomic E-state index is 0.216. The Labute approximate surface area is 155 Å². The van der Waals surface area contributed by atoms with Gasteiger partial charge in [0.25, 0.3) is 5.91 Å². The summed E-state index contributed by atoms with van der Waals surface area (Å²) < 4.78 is 31.8. The Hall–Kier alpha value is -3.35. The summed E-state index contributed by atoms with van der Waals surface area (Å²) in [6.07, 6.45) is 0. The summed E-state index contributed by atoms with van der Waals surface area (Å²) in [5.74, 6) is -0.651. The van der Waals surface area contributed by atoms with Gasteiger partial charge in [0.05, 0.1) is 0 Å². The van der Waals surface area contributed by atoms with Crippen LogP contribution in [0.2, 0.25) is 0 Å². The standard InChI is InChI=1S/C20H17F2N3O2/c1-12-3-6-16(22)10-17(12)24-18(26)11-27-19-9-13(2)23-20(25-19)14-4-7-15(21)8-5-14/h3-10H,11H2,1-2H3,(H,24,26). The molecule has 5 nitrogen and oxygen atoms in total. The second kappa shape index (κ2) is 7.90. The van der Waals surface area contributed by atoms with Gasteiger partial charge in [0.2, 0.25) is 5.88 Å². The fraction of sp³-hybridized carbons (Fsp3) is 0.150. The second-order valence-corrected chi connectivity index (χ2v) is 5.97. The molecule has 1 N–H and O–H groups in total. The second-order valence-electron chi connectivity index (χ2n) is 5.97. The van der Waals surface area contributed by atoms with Gasteiger partial charge in [-0.2, -0.15) is 4.98 Å². The van der Waals surface area contributed by atoms with Crippen LogP contribution in [-0.2, 0) is 4.79 Å². The summed E-state index contributed by atoms with van der Waals surface area (Å²) in [7, 11) is 0. The summed E-state index contributed by atoms with van der Waals surface area (Å²) in [6, 6.07) is 11.5. The van der Waals surface area contributed by atoms with E-state index in [9.17, 15) is 13.6 Å². The number of aryl methyl sites for hydroxylation is 2. The Morgan fingerprint density at radius 1 is 1.00 bits per heavy atom. The molecule has 0 fully saturated rings. The fourth-order valence-corrected chi connectivity index (χ4v) is 2.40. The fourth-order valence-electron chi connectivity index (χ4n) is 2.40. The van der Waals surface area contributed by atoms with Crippen molar-refractivity contribution in [1.29, 1.82) is 0 Å². The van der Waals surface area contributed by atoms with E-state index in [2.05, 4.69) is 15.3 Å². The molecule has 0 aliphatic heterocycles. The van der Waals surface area contributed by atoms with Gasteiger partial charge >= 0.3 is 0 Å². The molecule has 0 aliphatic rings. The molecule has 0 aliphatic carbocycles. The van der Waals surface area contributed by atoms with Crippen molar-refractivity contribution in [2.45, 2.75) is 13.8 Å². The molecule has 0 unspecified atom stereocenters. The highest BCUT2D eigenvalue weighted by atomic mass is 19.1. The van der Waals surface area contributed by atoms with Crippen molar-refractivity contribution >= 4 is 11.6 Å². The van der Waals surface area contributed by atoms with Crippen molar-refractivity contribution in [3.8, 4) is 17.3 Å². The summed E-state index contributed by atoms with van der Waals surface area (Å²) in [4.78, 5) is 20.6. The number of nitrogens with zero attached hydrogens (tertiary/aromatic N) is 2. The molecule has 1 aromatic heterocycles. The largest absolute Gasteiger partial charge is 0.467 e. The van der Waals surface area contributed by atoms with E-state index in [-0.39, 0.29) is 18.3 Å². The number of halogens is 2. The van der Waals surface area contributed by atoms with E-state index in [4.69, 9.17) is 4.74 Å². The van der Waals surface area contributed by atoms with Gasteiger partial charge in [0.1, 0.15) is 11.6 Å². The lowest BCUT2D eigenvalue weighted by molar-refractivity contribution is -0.118. The number of carbonyl (C=O) groups is 1. The first kappa shape index (κ1) is 18.4. The third-order valence-electron chi connectivity index (χ3n) is 3.76. The maximum atomic E-state index is 13.3. The van der Waals surface area contributed by atoms with Crippen molar-refractivity contribution in [3.63, 3.8) is 0 Å². The van der Waals surface area contributed by atoms with Crippen molar-refractivity contribution in [3.05, 3.63) is 71.4 Å². The highest BCUT2D eigenvalue weighted by Crippen LogP contribution is 2.20. The molecule has 27 heavy (non-hydrogen) atoms. The number of carbonyl (C=O) groups excluding carboxylic acids is 1. The molecule has 0 spiro atoms. The molecule has 0 saturated carbocycles. The molecule has 0 bridgehead atoms. The maximum Gasteiger partial charge on any atom is 0.262 e. The van der Waals surface area contributed by atoms with Crippen LogP contribution in [0.5, 0.6) is 5.88 Å². The predicted molar refractivity (Wildman–Crippen MR) is 97.4 cm³/mol. The van der Waals surface area contributed by atoms with Crippen LogP contribution >= 0.6 is 0 Å². The van der Waals surface area contributed by atoms with Gasteiger partial charge < -0.3 is 10.1 Å². The summed E-state index contributed by atoms with van der Waals surface area (Å²) in [5.41, 5.74) is 2.39. The van der Waals surface area contributed by atoms with Crippen LogP contribution in [0.4, 0.5) is 14.5 Å². The van der Waals surface area contributed by atoms with Crippen molar-refractivity contribution in [2.75, 3.05) is 11.9 Å². The first-order valence-corrected chi connectivity index (χ1v) is 8.21.